The topological polar surface area (TPSA) is 76.7 Å². The SMILES string of the molecule is O=C(CSCC(=O)Nc1ccc(OCc2ccccc2)cc1)Nc1ccc(OCc2ccccc2)cc1. The maximum atomic E-state index is 12.2. The van der Waals surface area contributed by atoms with Crippen molar-refractivity contribution >= 4 is 35.0 Å². The zero-order valence-electron chi connectivity index (χ0n) is 20.3. The summed E-state index contributed by atoms with van der Waals surface area (Å²) in [5, 5.41) is 5.67. The van der Waals surface area contributed by atoms with Gasteiger partial charge in [0.05, 0.1) is 11.5 Å². The lowest BCUT2D eigenvalue weighted by Crippen LogP contribution is -2.18. The Morgan fingerprint density at radius 2 is 0.919 bits per heavy atom. The molecule has 0 spiro atoms. The van der Waals surface area contributed by atoms with E-state index < -0.39 is 0 Å². The van der Waals surface area contributed by atoms with Gasteiger partial charge in [-0.25, -0.2) is 0 Å². The Balaban J connectivity index is 1.12. The third kappa shape index (κ3) is 9.05. The van der Waals surface area contributed by atoms with Gasteiger partial charge in [-0.1, -0.05) is 60.7 Å². The predicted octanol–water partition coefficient (Wildman–Crippen LogP) is 6.16. The lowest BCUT2D eigenvalue weighted by Gasteiger charge is -2.09. The summed E-state index contributed by atoms with van der Waals surface area (Å²) < 4.78 is 11.5. The van der Waals surface area contributed by atoms with E-state index in [2.05, 4.69) is 10.6 Å². The second kappa shape index (κ2) is 13.8. The average molecular weight is 513 g/mol. The fraction of sp³-hybridized carbons (Fsp3) is 0.133. The molecule has 188 valence electrons. The largest absolute Gasteiger partial charge is 0.489 e. The van der Waals surface area contributed by atoms with Gasteiger partial charge < -0.3 is 20.1 Å². The second-order valence-corrected chi connectivity index (χ2v) is 9.17. The molecule has 4 rings (SSSR count). The highest BCUT2D eigenvalue weighted by molar-refractivity contribution is 8.00. The van der Waals surface area contributed by atoms with Crippen LogP contribution in [0.15, 0.2) is 109 Å². The standard InChI is InChI=1S/C30H28N2O4S/c33-29(31-25-11-15-27(16-12-25)35-19-23-7-3-1-4-8-23)21-37-22-30(34)32-26-13-17-28(18-14-26)36-20-24-9-5-2-6-10-24/h1-18H,19-22H2,(H,31,33)(H,32,34). The smallest absolute Gasteiger partial charge is 0.234 e. The van der Waals surface area contributed by atoms with Crippen LogP contribution in [-0.4, -0.2) is 23.3 Å². The normalized spacial score (nSPS) is 10.4. The number of benzene rings is 4. The molecule has 0 aliphatic rings. The summed E-state index contributed by atoms with van der Waals surface area (Å²) in [6.07, 6.45) is 0. The van der Waals surface area contributed by atoms with E-state index >= 15 is 0 Å². The Hall–Kier alpha value is -4.23. The van der Waals surface area contributed by atoms with E-state index in [9.17, 15) is 9.59 Å². The highest BCUT2D eigenvalue weighted by Gasteiger charge is 2.07. The van der Waals surface area contributed by atoms with E-state index in [1.807, 2.05) is 84.9 Å². The fourth-order valence-corrected chi connectivity index (χ4v) is 4.00. The number of ether oxygens (including phenoxy) is 2. The summed E-state index contributed by atoms with van der Waals surface area (Å²) in [4.78, 5) is 24.5. The maximum Gasteiger partial charge on any atom is 0.234 e. The molecule has 37 heavy (non-hydrogen) atoms. The van der Waals surface area contributed by atoms with Crippen molar-refractivity contribution in [3.8, 4) is 11.5 Å². The minimum absolute atomic E-state index is 0.171. The highest BCUT2D eigenvalue weighted by atomic mass is 32.2. The first-order valence-corrected chi connectivity index (χ1v) is 13.0. The molecule has 4 aromatic rings. The van der Waals surface area contributed by atoms with Crippen LogP contribution in [0.3, 0.4) is 0 Å². The second-order valence-electron chi connectivity index (χ2n) is 8.19. The van der Waals surface area contributed by atoms with Gasteiger partial charge in [-0.05, 0) is 59.7 Å². The van der Waals surface area contributed by atoms with Crippen LogP contribution in [0.5, 0.6) is 11.5 Å². The first-order chi connectivity index (χ1) is 18.1. The molecule has 4 aromatic carbocycles. The zero-order chi connectivity index (χ0) is 25.7. The molecule has 0 bridgehead atoms. The van der Waals surface area contributed by atoms with Crippen molar-refractivity contribution in [3.63, 3.8) is 0 Å². The van der Waals surface area contributed by atoms with Crippen molar-refractivity contribution in [3.05, 3.63) is 120 Å². The molecule has 2 N–H and O–H groups in total. The molecule has 2 amide bonds. The Morgan fingerprint density at radius 1 is 0.541 bits per heavy atom. The van der Waals surface area contributed by atoms with Gasteiger partial charge in [0, 0.05) is 11.4 Å². The van der Waals surface area contributed by atoms with Gasteiger partial charge in [0.1, 0.15) is 24.7 Å². The molecule has 0 aliphatic heterocycles. The number of amides is 2. The van der Waals surface area contributed by atoms with Gasteiger partial charge >= 0.3 is 0 Å². The van der Waals surface area contributed by atoms with Crippen LogP contribution in [-0.2, 0) is 22.8 Å². The lowest BCUT2D eigenvalue weighted by molar-refractivity contribution is -0.114. The van der Waals surface area contributed by atoms with Gasteiger partial charge in [-0.15, -0.1) is 11.8 Å². The van der Waals surface area contributed by atoms with E-state index in [-0.39, 0.29) is 23.3 Å². The minimum atomic E-state index is -0.171. The molecule has 0 aliphatic carbocycles. The highest BCUT2D eigenvalue weighted by Crippen LogP contribution is 2.19. The molecule has 0 unspecified atom stereocenters. The molecule has 0 saturated carbocycles. The maximum absolute atomic E-state index is 12.2. The van der Waals surface area contributed by atoms with Crippen molar-refractivity contribution in [1.82, 2.24) is 0 Å². The Bertz CT molecular complexity index is 1160. The number of rotatable bonds is 12. The van der Waals surface area contributed by atoms with Crippen LogP contribution >= 0.6 is 11.8 Å². The molecule has 0 saturated heterocycles. The predicted molar refractivity (Wildman–Crippen MR) is 149 cm³/mol. The van der Waals surface area contributed by atoms with Crippen LogP contribution in [0, 0.1) is 0 Å². The van der Waals surface area contributed by atoms with Gasteiger partial charge in [0.2, 0.25) is 11.8 Å². The molecular formula is C30H28N2O4S. The minimum Gasteiger partial charge on any atom is -0.489 e. The van der Waals surface area contributed by atoms with Crippen LogP contribution < -0.4 is 20.1 Å². The summed E-state index contributed by atoms with van der Waals surface area (Å²) in [7, 11) is 0. The zero-order valence-corrected chi connectivity index (χ0v) is 21.1. The number of hydrogen-bond acceptors (Lipinski definition) is 5. The molecule has 6 nitrogen and oxygen atoms in total. The number of nitrogens with one attached hydrogen (secondary N) is 2. The number of hydrogen-bond donors (Lipinski definition) is 2. The van der Waals surface area contributed by atoms with Gasteiger partial charge in [0.15, 0.2) is 0 Å². The quantitative estimate of drug-likeness (QED) is 0.238. The first-order valence-electron chi connectivity index (χ1n) is 11.8. The van der Waals surface area contributed by atoms with Gasteiger partial charge in [-0.2, -0.15) is 0 Å². The molecule has 0 heterocycles. The van der Waals surface area contributed by atoms with E-state index in [0.29, 0.717) is 24.6 Å². The number of carbonyl (C=O) groups excluding carboxylic acids is 2. The summed E-state index contributed by atoms with van der Waals surface area (Å²) in [6, 6.07) is 34.3. The molecule has 0 aromatic heterocycles. The van der Waals surface area contributed by atoms with Crippen LogP contribution in [0.25, 0.3) is 0 Å². The van der Waals surface area contributed by atoms with Gasteiger partial charge in [-0.3, -0.25) is 9.59 Å². The summed E-state index contributed by atoms with van der Waals surface area (Å²) in [5.74, 6) is 1.46. The Labute approximate surface area is 221 Å². The van der Waals surface area contributed by atoms with Crippen molar-refractivity contribution in [2.75, 3.05) is 22.1 Å². The number of anilines is 2. The van der Waals surface area contributed by atoms with Crippen LogP contribution in [0.1, 0.15) is 11.1 Å². The third-order valence-electron chi connectivity index (χ3n) is 5.24. The first kappa shape index (κ1) is 25.9. The van der Waals surface area contributed by atoms with Crippen molar-refractivity contribution in [2.24, 2.45) is 0 Å². The van der Waals surface area contributed by atoms with Gasteiger partial charge in [0.25, 0.3) is 0 Å². The number of thioether (sulfide) groups is 1. The Kier molecular flexibility index (Phi) is 9.61. The van der Waals surface area contributed by atoms with Crippen molar-refractivity contribution in [2.45, 2.75) is 13.2 Å². The van der Waals surface area contributed by atoms with E-state index in [0.717, 1.165) is 22.6 Å². The molecule has 0 radical (unpaired) electrons. The summed E-state index contributed by atoms with van der Waals surface area (Å²) >= 11 is 1.25. The average Bonchev–Trinajstić information content (AvgIpc) is 2.93. The van der Waals surface area contributed by atoms with Crippen LogP contribution in [0.2, 0.25) is 0 Å². The summed E-state index contributed by atoms with van der Waals surface area (Å²) in [5.41, 5.74) is 3.53. The van der Waals surface area contributed by atoms with E-state index in [4.69, 9.17) is 9.47 Å². The number of carbonyl (C=O) groups is 2. The monoisotopic (exact) mass is 512 g/mol. The van der Waals surface area contributed by atoms with Crippen LogP contribution in [0.4, 0.5) is 11.4 Å². The molecule has 7 heteroatoms. The van der Waals surface area contributed by atoms with E-state index in [1.54, 1.807) is 24.3 Å². The molecule has 0 fully saturated rings. The fourth-order valence-electron chi connectivity index (χ4n) is 3.38. The molecular weight excluding hydrogens is 484 g/mol. The molecule has 0 atom stereocenters. The summed E-state index contributed by atoms with van der Waals surface area (Å²) in [6.45, 7) is 0.967. The van der Waals surface area contributed by atoms with E-state index in [1.165, 1.54) is 11.8 Å². The van der Waals surface area contributed by atoms with Crippen molar-refractivity contribution < 1.29 is 19.1 Å². The lowest BCUT2D eigenvalue weighted by atomic mass is 10.2. The Morgan fingerprint density at radius 3 is 1.30 bits per heavy atom. The third-order valence-corrected chi connectivity index (χ3v) is 6.17. The van der Waals surface area contributed by atoms with Crippen molar-refractivity contribution in [1.29, 1.82) is 0 Å².